The first kappa shape index (κ1) is 23.2. The third kappa shape index (κ3) is 5.00. The molecule has 1 saturated heterocycles. The lowest BCUT2D eigenvalue weighted by Gasteiger charge is -2.28. The number of thioether (sulfide) groups is 1. The minimum absolute atomic E-state index is 0.289. The second-order valence-electron chi connectivity index (χ2n) is 7.54. The van der Waals surface area contributed by atoms with Crippen LogP contribution < -0.4 is 10.4 Å². The molecule has 1 N–H and O–H groups in total. The van der Waals surface area contributed by atoms with Crippen LogP contribution in [0.3, 0.4) is 0 Å². The van der Waals surface area contributed by atoms with E-state index >= 15 is 0 Å². The van der Waals surface area contributed by atoms with Crippen LogP contribution in [0.5, 0.6) is 0 Å². The third-order valence-electron chi connectivity index (χ3n) is 5.44. The molecule has 2 atom stereocenters. The molecule has 2 aromatic carbocycles. The molecule has 0 aliphatic carbocycles. The Morgan fingerprint density at radius 3 is 2.41 bits per heavy atom. The summed E-state index contributed by atoms with van der Waals surface area (Å²) in [5.41, 5.74) is 4.72. The van der Waals surface area contributed by atoms with Crippen LogP contribution in [0.15, 0.2) is 47.6 Å². The monoisotopic (exact) mass is 507 g/mol. The van der Waals surface area contributed by atoms with Crippen molar-refractivity contribution in [2.45, 2.75) is 30.6 Å². The van der Waals surface area contributed by atoms with Crippen molar-refractivity contribution in [3.8, 4) is 5.40 Å². The first-order valence-corrected chi connectivity index (χ1v) is 12.2. The van der Waals surface area contributed by atoms with Gasteiger partial charge in [0.05, 0.1) is 16.6 Å². The van der Waals surface area contributed by atoms with Gasteiger partial charge in [0.15, 0.2) is 0 Å². The summed E-state index contributed by atoms with van der Waals surface area (Å²) in [6, 6.07) is 12.3. The van der Waals surface area contributed by atoms with E-state index in [9.17, 15) is 10.1 Å². The normalized spacial score (nSPS) is 21.2. The first-order chi connectivity index (χ1) is 15.5. The van der Waals surface area contributed by atoms with E-state index in [0.29, 0.717) is 26.5 Å². The Morgan fingerprint density at radius 1 is 1.06 bits per heavy atom. The number of piperidine rings is 1. The molecule has 2 aliphatic heterocycles. The molecule has 2 aromatic rings. The number of thiocyanates is 1. The summed E-state index contributed by atoms with van der Waals surface area (Å²) in [5.74, 6) is -0.753. The highest BCUT2D eigenvalue weighted by Gasteiger charge is 2.43. The SMILES string of the molecule is N#CSC1C(c2ccc(Cl)cc2)C(C(=O)NN2CCCCC2)=NN1c1ccc(Cl)cc1Cl. The van der Waals surface area contributed by atoms with Crippen LogP contribution in [0.1, 0.15) is 30.7 Å². The lowest BCUT2D eigenvalue weighted by Crippen LogP contribution is -2.48. The molecule has 1 amide bonds. The molecular weight excluding hydrogens is 489 g/mol. The lowest BCUT2D eigenvalue weighted by molar-refractivity contribution is -0.119. The van der Waals surface area contributed by atoms with Crippen molar-refractivity contribution >= 4 is 63.9 Å². The fourth-order valence-corrected chi connectivity index (χ4v) is 5.34. The van der Waals surface area contributed by atoms with E-state index in [1.54, 1.807) is 35.3 Å². The molecule has 2 aliphatic rings. The van der Waals surface area contributed by atoms with Gasteiger partial charge in [0.25, 0.3) is 5.91 Å². The van der Waals surface area contributed by atoms with Crippen LogP contribution in [0.4, 0.5) is 5.69 Å². The van der Waals surface area contributed by atoms with Gasteiger partial charge in [0.2, 0.25) is 0 Å². The van der Waals surface area contributed by atoms with Crippen molar-refractivity contribution in [3.63, 3.8) is 0 Å². The molecule has 2 unspecified atom stereocenters. The van der Waals surface area contributed by atoms with Crippen LogP contribution in [0.2, 0.25) is 15.1 Å². The number of anilines is 1. The van der Waals surface area contributed by atoms with Crippen molar-refractivity contribution in [1.29, 1.82) is 5.26 Å². The van der Waals surface area contributed by atoms with E-state index in [1.807, 2.05) is 17.1 Å². The van der Waals surface area contributed by atoms with Crippen molar-refractivity contribution < 1.29 is 4.79 Å². The number of nitriles is 1. The zero-order chi connectivity index (χ0) is 22.7. The molecule has 2 heterocycles. The van der Waals surface area contributed by atoms with Crippen LogP contribution >= 0.6 is 46.6 Å². The Hall–Kier alpha value is -1.95. The molecule has 0 radical (unpaired) electrons. The van der Waals surface area contributed by atoms with Crippen molar-refractivity contribution in [2.24, 2.45) is 5.10 Å². The molecular formula is C22H20Cl3N5OS. The minimum Gasteiger partial charge on any atom is -0.284 e. The van der Waals surface area contributed by atoms with E-state index in [4.69, 9.17) is 34.8 Å². The summed E-state index contributed by atoms with van der Waals surface area (Å²) >= 11 is 19.6. The summed E-state index contributed by atoms with van der Waals surface area (Å²) in [6.45, 7) is 1.60. The van der Waals surface area contributed by atoms with Gasteiger partial charge in [-0.15, -0.1) is 0 Å². The smallest absolute Gasteiger partial charge is 0.282 e. The van der Waals surface area contributed by atoms with Crippen LogP contribution in [-0.2, 0) is 4.79 Å². The number of benzene rings is 2. The van der Waals surface area contributed by atoms with Gasteiger partial charge in [0.1, 0.15) is 16.5 Å². The van der Waals surface area contributed by atoms with E-state index in [1.165, 1.54) is 0 Å². The molecule has 32 heavy (non-hydrogen) atoms. The maximum absolute atomic E-state index is 13.3. The lowest BCUT2D eigenvalue weighted by atomic mass is 9.94. The number of nitrogens with zero attached hydrogens (tertiary/aromatic N) is 4. The van der Waals surface area contributed by atoms with Gasteiger partial charge in [-0.1, -0.05) is 53.4 Å². The van der Waals surface area contributed by atoms with Crippen molar-refractivity contribution in [3.05, 3.63) is 63.1 Å². The van der Waals surface area contributed by atoms with Gasteiger partial charge in [0, 0.05) is 23.1 Å². The summed E-state index contributed by atoms with van der Waals surface area (Å²) in [5, 5.41) is 20.9. The topological polar surface area (TPSA) is 71.7 Å². The van der Waals surface area contributed by atoms with Gasteiger partial charge in [-0.25, -0.2) is 10.0 Å². The Bertz CT molecular complexity index is 1070. The Labute approximate surface area is 206 Å². The molecule has 6 nitrogen and oxygen atoms in total. The summed E-state index contributed by atoms with van der Waals surface area (Å²) in [7, 11) is 0. The van der Waals surface area contributed by atoms with Gasteiger partial charge in [-0.05, 0) is 60.5 Å². The summed E-state index contributed by atoms with van der Waals surface area (Å²) < 4.78 is 0. The third-order valence-corrected chi connectivity index (χ3v) is 7.05. The Morgan fingerprint density at radius 2 is 1.75 bits per heavy atom. The molecule has 0 bridgehead atoms. The standard InChI is InChI=1S/C22H20Cl3N5OS/c23-15-6-4-14(5-7-15)19-20(21(31)28-29-10-2-1-3-11-29)27-30(22(19)32-13-26)18-9-8-16(24)12-17(18)25/h4-9,12,19,22H,1-3,10-11H2,(H,28,31). The second kappa shape index (κ2) is 10.3. The number of amides is 1. The molecule has 0 aromatic heterocycles. The molecule has 0 spiro atoms. The number of carbonyl (C=O) groups excluding carboxylic acids is 1. The maximum atomic E-state index is 13.3. The predicted octanol–water partition coefficient (Wildman–Crippen LogP) is 5.66. The number of carbonyl (C=O) groups is 1. The molecule has 1 fully saturated rings. The summed E-state index contributed by atoms with van der Waals surface area (Å²) in [6.07, 6.45) is 3.23. The number of hydrazone groups is 1. The zero-order valence-corrected chi connectivity index (χ0v) is 20.1. The fraction of sp³-hybridized carbons (Fsp3) is 0.318. The van der Waals surface area contributed by atoms with Gasteiger partial charge >= 0.3 is 0 Å². The molecule has 166 valence electrons. The highest BCUT2D eigenvalue weighted by molar-refractivity contribution is 8.04. The van der Waals surface area contributed by atoms with Crippen molar-refractivity contribution in [1.82, 2.24) is 10.4 Å². The van der Waals surface area contributed by atoms with Crippen LogP contribution in [-0.4, -0.2) is 35.1 Å². The van der Waals surface area contributed by atoms with Crippen molar-refractivity contribution in [2.75, 3.05) is 18.1 Å². The molecule has 10 heteroatoms. The highest BCUT2D eigenvalue weighted by Crippen LogP contribution is 2.43. The van der Waals surface area contributed by atoms with E-state index in [-0.39, 0.29) is 5.91 Å². The second-order valence-corrected chi connectivity index (χ2v) is 9.72. The van der Waals surface area contributed by atoms with Crippen LogP contribution in [0.25, 0.3) is 0 Å². The Balaban J connectivity index is 1.74. The Kier molecular flexibility index (Phi) is 7.49. The maximum Gasteiger partial charge on any atom is 0.282 e. The zero-order valence-electron chi connectivity index (χ0n) is 17.0. The van der Waals surface area contributed by atoms with Gasteiger partial charge in [-0.2, -0.15) is 10.4 Å². The molecule has 0 saturated carbocycles. The summed E-state index contributed by atoms with van der Waals surface area (Å²) in [4.78, 5) is 13.3. The number of hydrazine groups is 1. The average molecular weight is 509 g/mol. The number of nitrogens with one attached hydrogen (secondary N) is 1. The van der Waals surface area contributed by atoms with Crippen LogP contribution in [0, 0.1) is 10.7 Å². The van der Waals surface area contributed by atoms with Gasteiger partial charge < -0.3 is 0 Å². The minimum atomic E-state index is -0.498. The predicted molar refractivity (Wildman–Crippen MR) is 131 cm³/mol. The van der Waals surface area contributed by atoms with E-state index < -0.39 is 11.3 Å². The number of halogens is 3. The van der Waals surface area contributed by atoms with Gasteiger partial charge in [-0.3, -0.25) is 10.2 Å². The average Bonchev–Trinajstić information content (AvgIpc) is 3.14. The molecule has 4 rings (SSSR count). The van der Waals surface area contributed by atoms with E-state index in [2.05, 4.69) is 15.9 Å². The number of rotatable bonds is 5. The number of hydrogen-bond acceptors (Lipinski definition) is 6. The largest absolute Gasteiger partial charge is 0.284 e. The fourth-order valence-electron chi connectivity index (χ4n) is 3.93. The highest BCUT2D eigenvalue weighted by atomic mass is 35.5. The number of hydrogen-bond donors (Lipinski definition) is 1. The quantitative estimate of drug-likeness (QED) is 0.527. The first-order valence-electron chi connectivity index (χ1n) is 10.2. The van der Waals surface area contributed by atoms with E-state index in [0.717, 1.165) is 49.7 Å².